The van der Waals surface area contributed by atoms with Crippen LogP contribution in [0.4, 0.5) is 35.1 Å². The minimum absolute atomic E-state index is 0.309. The van der Waals surface area contributed by atoms with Crippen LogP contribution in [0.3, 0.4) is 0 Å². The summed E-state index contributed by atoms with van der Waals surface area (Å²) in [6.45, 7) is -0.212. The number of carbonyl (C=O) groups excluding carboxylic acids is 2. The second kappa shape index (κ2) is 6.89. The van der Waals surface area contributed by atoms with E-state index in [-0.39, 0.29) is 0 Å². The Kier molecular flexibility index (Phi) is 5.89. The van der Waals surface area contributed by atoms with E-state index in [2.05, 4.69) is 25.5 Å². The predicted octanol–water partition coefficient (Wildman–Crippen LogP) is 2.87. The van der Waals surface area contributed by atoms with Crippen LogP contribution < -0.4 is 0 Å². The summed E-state index contributed by atoms with van der Waals surface area (Å²) in [7, 11) is 0. The SMILES string of the molecule is C=C(C(=O)OCC1(C)OCOC(OC(C)=O)(C(F)(F)F)C1(F)F)C(F)(F)F. The summed E-state index contributed by atoms with van der Waals surface area (Å²) in [5.41, 5.74) is -5.44. The summed E-state index contributed by atoms with van der Waals surface area (Å²) in [6, 6.07) is 0. The molecule has 0 amide bonds. The van der Waals surface area contributed by atoms with Crippen molar-refractivity contribution in [1.82, 2.24) is 0 Å². The number of hydrogen-bond donors (Lipinski definition) is 0. The van der Waals surface area contributed by atoms with Crippen molar-refractivity contribution >= 4 is 11.9 Å². The van der Waals surface area contributed by atoms with E-state index >= 15 is 0 Å². The van der Waals surface area contributed by atoms with E-state index < -0.39 is 60.6 Å². The van der Waals surface area contributed by atoms with Crippen molar-refractivity contribution in [2.45, 2.75) is 43.5 Å². The maximum Gasteiger partial charge on any atom is 0.462 e. The molecule has 27 heavy (non-hydrogen) atoms. The van der Waals surface area contributed by atoms with E-state index in [1.165, 1.54) is 0 Å². The molecule has 1 heterocycles. The molecule has 0 N–H and O–H groups in total. The van der Waals surface area contributed by atoms with Gasteiger partial charge in [-0.2, -0.15) is 35.1 Å². The molecule has 6 nitrogen and oxygen atoms in total. The Bertz CT molecular complexity index is 627. The van der Waals surface area contributed by atoms with E-state index in [0.717, 1.165) is 0 Å². The van der Waals surface area contributed by atoms with Crippen LogP contribution in [-0.2, 0) is 28.5 Å². The van der Waals surface area contributed by atoms with Crippen LogP contribution in [0.2, 0.25) is 0 Å². The van der Waals surface area contributed by atoms with E-state index in [9.17, 15) is 44.7 Å². The number of halogens is 8. The molecule has 1 aliphatic heterocycles. The molecule has 0 aliphatic carbocycles. The van der Waals surface area contributed by atoms with Crippen LogP contribution >= 0.6 is 0 Å². The van der Waals surface area contributed by atoms with Gasteiger partial charge in [-0.05, 0) is 6.92 Å². The summed E-state index contributed by atoms with van der Waals surface area (Å²) in [6.07, 6.45) is -11.2. The van der Waals surface area contributed by atoms with Crippen LogP contribution in [0.1, 0.15) is 13.8 Å². The third-order valence-corrected chi connectivity index (χ3v) is 3.45. The van der Waals surface area contributed by atoms with E-state index in [0.29, 0.717) is 13.8 Å². The Morgan fingerprint density at radius 1 is 1.11 bits per heavy atom. The maximum absolute atomic E-state index is 14.6. The molecule has 1 fully saturated rings. The molecule has 0 aromatic carbocycles. The Labute approximate surface area is 146 Å². The van der Waals surface area contributed by atoms with E-state index in [1.54, 1.807) is 0 Å². The monoisotopic (exact) mass is 416 g/mol. The highest BCUT2D eigenvalue weighted by Gasteiger charge is 2.82. The first-order valence-electron chi connectivity index (χ1n) is 6.76. The molecule has 156 valence electrons. The van der Waals surface area contributed by atoms with Gasteiger partial charge < -0.3 is 18.9 Å². The van der Waals surface area contributed by atoms with E-state index in [4.69, 9.17) is 0 Å². The van der Waals surface area contributed by atoms with Crippen molar-refractivity contribution in [3.8, 4) is 0 Å². The van der Waals surface area contributed by atoms with Crippen LogP contribution in [0, 0.1) is 0 Å². The number of alkyl halides is 8. The van der Waals surface area contributed by atoms with Crippen molar-refractivity contribution < 1.29 is 63.7 Å². The minimum Gasteiger partial charge on any atom is -0.459 e. The second-order valence-electron chi connectivity index (χ2n) is 5.47. The highest BCUT2D eigenvalue weighted by atomic mass is 19.4. The number of rotatable bonds is 4. The predicted molar refractivity (Wildman–Crippen MR) is 67.1 cm³/mol. The maximum atomic E-state index is 14.6. The van der Waals surface area contributed by atoms with Gasteiger partial charge >= 0.3 is 36.0 Å². The second-order valence-corrected chi connectivity index (χ2v) is 5.47. The minimum atomic E-state index is -5.98. The zero-order valence-corrected chi connectivity index (χ0v) is 13.6. The number of hydrogen-bond acceptors (Lipinski definition) is 6. The Hall–Kier alpha value is -1.96. The van der Waals surface area contributed by atoms with Crippen LogP contribution in [0.15, 0.2) is 12.2 Å². The fourth-order valence-corrected chi connectivity index (χ4v) is 1.92. The van der Waals surface area contributed by atoms with Crippen LogP contribution in [0.25, 0.3) is 0 Å². The molecule has 14 heteroatoms. The van der Waals surface area contributed by atoms with Crippen LogP contribution in [0.5, 0.6) is 0 Å². The Morgan fingerprint density at radius 2 is 1.63 bits per heavy atom. The van der Waals surface area contributed by atoms with Gasteiger partial charge in [-0.1, -0.05) is 6.58 Å². The van der Waals surface area contributed by atoms with Crippen LogP contribution in [-0.4, -0.2) is 55.0 Å². The molecule has 1 rings (SSSR count). The fraction of sp³-hybridized carbons (Fsp3) is 0.692. The van der Waals surface area contributed by atoms with Crippen molar-refractivity contribution in [3.05, 3.63) is 12.2 Å². The average molecular weight is 416 g/mol. The van der Waals surface area contributed by atoms with Gasteiger partial charge in [0.15, 0.2) is 12.4 Å². The number of ether oxygens (including phenoxy) is 4. The summed E-state index contributed by atoms with van der Waals surface area (Å²) >= 11 is 0. The van der Waals surface area contributed by atoms with Crippen molar-refractivity contribution in [1.29, 1.82) is 0 Å². The van der Waals surface area contributed by atoms with Gasteiger partial charge in [0.05, 0.1) is 0 Å². The molecule has 2 atom stereocenters. The summed E-state index contributed by atoms with van der Waals surface area (Å²) in [4.78, 5) is 22.2. The lowest BCUT2D eigenvalue weighted by Crippen LogP contribution is -2.75. The largest absolute Gasteiger partial charge is 0.462 e. The molecule has 1 saturated heterocycles. The summed E-state index contributed by atoms with van der Waals surface area (Å²) < 4.78 is 122. The summed E-state index contributed by atoms with van der Waals surface area (Å²) in [5, 5.41) is 0. The van der Waals surface area contributed by atoms with Gasteiger partial charge in [-0.15, -0.1) is 0 Å². The fourth-order valence-electron chi connectivity index (χ4n) is 1.92. The zero-order chi connectivity index (χ0) is 21.5. The van der Waals surface area contributed by atoms with Gasteiger partial charge in [0.1, 0.15) is 12.2 Å². The molecule has 2 unspecified atom stereocenters. The molecule has 1 aliphatic rings. The van der Waals surface area contributed by atoms with Gasteiger partial charge in [0, 0.05) is 6.92 Å². The molecular weight excluding hydrogens is 404 g/mol. The van der Waals surface area contributed by atoms with Crippen molar-refractivity contribution in [2.75, 3.05) is 13.4 Å². The molecule has 0 spiro atoms. The molecule has 0 aromatic heterocycles. The third-order valence-electron chi connectivity index (χ3n) is 3.45. The average Bonchev–Trinajstić information content (AvgIpc) is 2.46. The first kappa shape index (κ1) is 23.1. The molecule has 0 bridgehead atoms. The lowest BCUT2D eigenvalue weighted by Gasteiger charge is -2.50. The first-order chi connectivity index (χ1) is 11.9. The smallest absolute Gasteiger partial charge is 0.459 e. The highest BCUT2D eigenvalue weighted by molar-refractivity contribution is 5.89. The normalized spacial score (nSPS) is 28.4. The lowest BCUT2D eigenvalue weighted by molar-refractivity contribution is -0.499. The lowest BCUT2D eigenvalue weighted by atomic mass is 9.89. The molecule has 0 radical (unpaired) electrons. The first-order valence-corrected chi connectivity index (χ1v) is 6.76. The standard InChI is InChI=1S/C13H12F8O6/c1-6(10(14,15)16)8(23)24-4-9(3)11(17,18)12(13(19,20)21,26-5-25-9)27-7(2)22/h1,4-5H2,2-3H3. The molecule has 0 aromatic rings. The van der Waals surface area contributed by atoms with Gasteiger partial charge in [-0.25, -0.2) is 4.79 Å². The topological polar surface area (TPSA) is 71.1 Å². The van der Waals surface area contributed by atoms with Crippen molar-refractivity contribution in [3.63, 3.8) is 0 Å². The van der Waals surface area contributed by atoms with Gasteiger partial charge in [0.2, 0.25) is 0 Å². The number of esters is 2. The van der Waals surface area contributed by atoms with Crippen molar-refractivity contribution in [2.24, 2.45) is 0 Å². The molecule has 0 saturated carbocycles. The number of carbonyl (C=O) groups is 2. The van der Waals surface area contributed by atoms with Gasteiger partial charge in [-0.3, -0.25) is 4.79 Å². The third kappa shape index (κ3) is 4.00. The summed E-state index contributed by atoms with van der Waals surface area (Å²) in [5.74, 6) is -14.0. The Balaban J connectivity index is 3.21. The van der Waals surface area contributed by atoms with E-state index in [1.807, 2.05) is 0 Å². The highest BCUT2D eigenvalue weighted by Crippen LogP contribution is 2.54. The molecular formula is C13H12F8O6. The zero-order valence-electron chi connectivity index (χ0n) is 13.6. The Morgan fingerprint density at radius 3 is 2.04 bits per heavy atom. The van der Waals surface area contributed by atoms with Gasteiger partial charge in [0.25, 0.3) is 0 Å². The quantitative estimate of drug-likeness (QED) is 0.399.